The molecule has 138 valence electrons. The fraction of sp³-hybridized carbons (Fsp3) is 0.650. The molecule has 3 unspecified atom stereocenters. The topological polar surface area (TPSA) is 20.3 Å². The summed E-state index contributed by atoms with van der Waals surface area (Å²) in [6.07, 6.45) is -0.808. The molecule has 1 amide bonds. The van der Waals surface area contributed by atoms with Crippen molar-refractivity contribution in [2.45, 2.75) is 64.2 Å². The molecule has 2 fully saturated rings. The molecule has 0 aliphatic heterocycles. The highest BCUT2D eigenvalue weighted by molar-refractivity contribution is 5.79. The summed E-state index contributed by atoms with van der Waals surface area (Å²) in [6, 6.07) is 9.83. The Labute approximate surface area is 147 Å². The zero-order chi connectivity index (χ0) is 18.0. The zero-order valence-corrected chi connectivity index (χ0v) is 14.6. The number of rotatable bonds is 5. The van der Waals surface area contributed by atoms with E-state index in [1.807, 2.05) is 42.2 Å². The van der Waals surface area contributed by atoms with Gasteiger partial charge in [-0.1, -0.05) is 36.8 Å². The van der Waals surface area contributed by atoms with Crippen LogP contribution in [0.5, 0.6) is 0 Å². The Morgan fingerprint density at radius 3 is 2.44 bits per heavy atom. The first-order valence-corrected chi connectivity index (χ1v) is 9.27. The third kappa shape index (κ3) is 4.56. The summed E-state index contributed by atoms with van der Waals surface area (Å²) >= 11 is 0. The van der Waals surface area contributed by atoms with Crippen molar-refractivity contribution in [2.24, 2.45) is 17.8 Å². The third-order valence-electron chi connectivity index (χ3n) is 5.76. The van der Waals surface area contributed by atoms with Crippen molar-refractivity contribution in [3.63, 3.8) is 0 Å². The smallest absolute Gasteiger partial charge is 0.335 e. The molecule has 25 heavy (non-hydrogen) atoms. The molecule has 0 radical (unpaired) electrons. The van der Waals surface area contributed by atoms with Crippen LogP contribution in [0.4, 0.5) is 13.2 Å². The van der Waals surface area contributed by atoms with Gasteiger partial charge in [-0.3, -0.25) is 4.79 Å². The molecule has 3 atom stereocenters. The predicted molar refractivity (Wildman–Crippen MR) is 90.7 cm³/mol. The number of hydrogen-bond donors (Lipinski definition) is 0. The first kappa shape index (κ1) is 18.3. The number of carbonyl (C=O) groups excluding carboxylic acids is 1. The van der Waals surface area contributed by atoms with Crippen molar-refractivity contribution in [1.82, 2.24) is 4.90 Å². The number of amides is 1. The van der Waals surface area contributed by atoms with Gasteiger partial charge >= 0.3 is 6.18 Å². The number of nitrogens with zero attached hydrogens (tertiary/aromatic N) is 1. The second-order valence-electron chi connectivity index (χ2n) is 7.63. The Balaban J connectivity index is 1.74. The fourth-order valence-corrected chi connectivity index (χ4v) is 3.98. The molecule has 5 heteroatoms. The molecule has 2 saturated carbocycles. The molecule has 0 saturated heterocycles. The van der Waals surface area contributed by atoms with Gasteiger partial charge in [-0.05, 0) is 50.5 Å². The Kier molecular flexibility index (Phi) is 5.40. The lowest BCUT2D eigenvalue weighted by molar-refractivity contribution is -0.187. The molecule has 0 heterocycles. The van der Waals surface area contributed by atoms with Crippen molar-refractivity contribution in [3.8, 4) is 0 Å². The van der Waals surface area contributed by atoms with Gasteiger partial charge in [0.25, 0.3) is 0 Å². The van der Waals surface area contributed by atoms with E-state index in [4.69, 9.17) is 0 Å². The molecule has 2 aliphatic carbocycles. The number of alkyl halides is 3. The van der Waals surface area contributed by atoms with Crippen LogP contribution in [-0.4, -0.2) is 23.0 Å². The summed E-state index contributed by atoms with van der Waals surface area (Å²) < 4.78 is 39.3. The van der Waals surface area contributed by atoms with Gasteiger partial charge in [0, 0.05) is 18.5 Å². The maximum atomic E-state index is 13.1. The molecule has 3 rings (SSSR count). The highest BCUT2D eigenvalue weighted by Crippen LogP contribution is 2.42. The fourth-order valence-electron chi connectivity index (χ4n) is 3.98. The molecule has 2 nitrogen and oxygen atoms in total. The SMILES string of the molecule is CC(C1CC1)N(Cc1ccccc1)C(=O)C1CCCC(C(F)(F)F)C1. The van der Waals surface area contributed by atoms with Crippen LogP contribution < -0.4 is 0 Å². The van der Waals surface area contributed by atoms with Crippen LogP contribution in [0.1, 0.15) is 51.0 Å². The highest BCUT2D eigenvalue weighted by Gasteiger charge is 2.45. The average Bonchev–Trinajstić information content (AvgIpc) is 3.44. The van der Waals surface area contributed by atoms with E-state index in [0.717, 1.165) is 18.4 Å². The molecule has 0 N–H and O–H groups in total. The van der Waals surface area contributed by atoms with Gasteiger partial charge < -0.3 is 4.90 Å². The van der Waals surface area contributed by atoms with Gasteiger partial charge in [0.15, 0.2) is 0 Å². The number of carbonyl (C=O) groups is 1. The molecule has 1 aromatic carbocycles. The number of benzene rings is 1. The molecule has 0 spiro atoms. The van der Waals surface area contributed by atoms with Gasteiger partial charge in [-0.2, -0.15) is 13.2 Å². The van der Waals surface area contributed by atoms with E-state index in [2.05, 4.69) is 0 Å². The summed E-state index contributed by atoms with van der Waals surface area (Å²) in [5, 5.41) is 0. The van der Waals surface area contributed by atoms with Crippen molar-refractivity contribution < 1.29 is 18.0 Å². The van der Waals surface area contributed by atoms with E-state index in [-0.39, 0.29) is 24.8 Å². The van der Waals surface area contributed by atoms with Crippen LogP contribution in [0, 0.1) is 17.8 Å². The first-order chi connectivity index (χ1) is 11.9. The third-order valence-corrected chi connectivity index (χ3v) is 5.76. The number of hydrogen-bond acceptors (Lipinski definition) is 1. The molecule has 0 aromatic heterocycles. The van der Waals surface area contributed by atoms with Crippen LogP contribution in [0.3, 0.4) is 0 Å². The Morgan fingerprint density at radius 1 is 1.16 bits per heavy atom. The lowest BCUT2D eigenvalue weighted by Gasteiger charge is -2.36. The number of halogens is 3. The maximum Gasteiger partial charge on any atom is 0.391 e. The largest absolute Gasteiger partial charge is 0.391 e. The van der Waals surface area contributed by atoms with Gasteiger partial charge in [0.05, 0.1) is 5.92 Å². The molecular formula is C20H26F3NO. The molecular weight excluding hydrogens is 327 g/mol. The van der Waals surface area contributed by atoms with Crippen LogP contribution in [-0.2, 0) is 11.3 Å². The summed E-state index contributed by atoms with van der Waals surface area (Å²) in [4.78, 5) is 15.0. The zero-order valence-electron chi connectivity index (χ0n) is 14.6. The van der Waals surface area contributed by atoms with Gasteiger partial charge in [-0.15, -0.1) is 0 Å². The first-order valence-electron chi connectivity index (χ1n) is 9.27. The van der Waals surface area contributed by atoms with Gasteiger partial charge in [0.2, 0.25) is 5.91 Å². The van der Waals surface area contributed by atoms with Crippen LogP contribution >= 0.6 is 0 Å². The maximum absolute atomic E-state index is 13.1. The monoisotopic (exact) mass is 353 g/mol. The second kappa shape index (κ2) is 7.38. The normalized spacial score (nSPS) is 25.4. The van der Waals surface area contributed by atoms with Crippen molar-refractivity contribution in [1.29, 1.82) is 0 Å². The summed E-state index contributed by atoms with van der Waals surface area (Å²) in [5.41, 5.74) is 1.03. The Bertz CT molecular complexity index is 582. The minimum atomic E-state index is -4.19. The van der Waals surface area contributed by atoms with E-state index in [0.29, 0.717) is 25.3 Å². The van der Waals surface area contributed by atoms with E-state index < -0.39 is 18.0 Å². The summed E-state index contributed by atoms with van der Waals surface area (Å²) in [5.74, 6) is -1.41. The summed E-state index contributed by atoms with van der Waals surface area (Å²) in [6.45, 7) is 2.53. The highest BCUT2D eigenvalue weighted by atomic mass is 19.4. The minimum absolute atomic E-state index is 0.0506. The Morgan fingerprint density at radius 2 is 1.84 bits per heavy atom. The predicted octanol–water partition coefficient (Wildman–Crippen LogP) is 5.18. The van der Waals surface area contributed by atoms with Crippen molar-refractivity contribution in [3.05, 3.63) is 35.9 Å². The molecule has 1 aromatic rings. The van der Waals surface area contributed by atoms with E-state index in [9.17, 15) is 18.0 Å². The molecule has 2 aliphatic rings. The Hall–Kier alpha value is -1.52. The van der Waals surface area contributed by atoms with E-state index in [1.54, 1.807) is 0 Å². The lowest BCUT2D eigenvalue weighted by atomic mass is 9.80. The van der Waals surface area contributed by atoms with Crippen LogP contribution in [0.15, 0.2) is 30.3 Å². The average molecular weight is 353 g/mol. The second-order valence-corrected chi connectivity index (χ2v) is 7.63. The van der Waals surface area contributed by atoms with Crippen molar-refractivity contribution in [2.75, 3.05) is 0 Å². The van der Waals surface area contributed by atoms with Gasteiger partial charge in [0.1, 0.15) is 0 Å². The molecule has 0 bridgehead atoms. The standard InChI is InChI=1S/C20H26F3NO/c1-14(16-10-11-16)24(13-15-6-3-2-4-7-15)19(25)17-8-5-9-18(12-17)20(21,22)23/h2-4,6-7,14,16-18H,5,8-13H2,1H3. The van der Waals surface area contributed by atoms with Crippen LogP contribution in [0.25, 0.3) is 0 Å². The van der Waals surface area contributed by atoms with Crippen molar-refractivity contribution >= 4 is 5.91 Å². The lowest BCUT2D eigenvalue weighted by Crippen LogP contribution is -2.45. The minimum Gasteiger partial charge on any atom is -0.335 e. The summed E-state index contributed by atoms with van der Waals surface area (Å²) in [7, 11) is 0. The van der Waals surface area contributed by atoms with E-state index >= 15 is 0 Å². The van der Waals surface area contributed by atoms with Gasteiger partial charge in [-0.25, -0.2) is 0 Å². The van der Waals surface area contributed by atoms with E-state index in [1.165, 1.54) is 0 Å². The quantitative estimate of drug-likeness (QED) is 0.714. The van der Waals surface area contributed by atoms with Crippen LogP contribution in [0.2, 0.25) is 0 Å².